The Morgan fingerprint density at radius 3 is 3.08 bits per heavy atom. The van der Waals surface area contributed by atoms with Gasteiger partial charge in [0.2, 0.25) is 0 Å². The number of carbonyl (C=O) groups excluding carboxylic acids is 1. The Labute approximate surface area is 151 Å². The summed E-state index contributed by atoms with van der Waals surface area (Å²) in [5, 5.41) is 2.88. The maximum absolute atomic E-state index is 12.4. The number of hydrogen-bond donors (Lipinski definition) is 1. The van der Waals surface area contributed by atoms with E-state index in [1.807, 2.05) is 35.7 Å². The summed E-state index contributed by atoms with van der Waals surface area (Å²) in [7, 11) is 0. The highest BCUT2D eigenvalue weighted by atomic mass is 16.5. The van der Waals surface area contributed by atoms with Crippen LogP contribution in [0.25, 0.3) is 5.65 Å². The van der Waals surface area contributed by atoms with Gasteiger partial charge in [-0.1, -0.05) is 6.07 Å². The van der Waals surface area contributed by atoms with Gasteiger partial charge < -0.3 is 14.5 Å². The first-order valence-corrected chi connectivity index (χ1v) is 8.82. The van der Waals surface area contributed by atoms with Crippen molar-refractivity contribution in [1.29, 1.82) is 0 Å². The number of fused-ring (bicyclic) bond motifs is 1. The van der Waals surface area contributed by atoms with Crippen LogP contribution in [-0.4, -0.2) is 38.5 Å². The molecule has 7 heteroatoms. The molecule has 1 saturated heterocycles. The van der Waals surface area contributed by atoms with E-state index in [1.54, 1.807) is 12.4 Å². The second kappa shape index (κ2) is 7.21. The van der Waals surface area contributed by atoms with Crippen LogP contribution in [0, 0.1) is 6.92 Å². The maximum atomic E-state index is 12.4. The molecule has 4 heterocycles. The molecule has 1 aliphatic rings. The van der Waals surface area contributed by atoms with Crippen molar-refractivity contribution in [3.63, 3.8) is 0 Å². The molecular weight excluding hydrogens is 330 g/mol. The van der Waals surface area contributed by atoms with E-state index in [-0.39, 0.29) is 11.8 Å². The van der Waals surface area contributed by atoms with Crippen LogP contribution in [0.4, 0.5) is 0 Å². The van der Waals surface area contributed by atoms with Gasteiger partial charge in [0.05, 0.1) is 18.8 Å². The number of nitrogens with zero attached hydrogens (tertiary/aromatic N) is 4. The Morgan fingerprint density at radius 1 is 1.31 bits per heavy atom. The number of imidazole rings is 1. The van der Waals surface area contributed by atoms with E-state index in [0.29, 0.717) is 18.8 Å². The molecule has 3 aromatic heterocycles. The van der Waals surface area contributed by atoms with E-state index in [1.165, 1.54) is 0 Å². The summed E-state index contributed by atoms with van der Waals surface area (Å²) < 4.78 is 7.37. The number of rotatable bonds is 4. The molecule has 1 fully saturated rings. The number of ether oxygens (including phenoxy) is 1. The van der Waals surface area contributed by atoms with Crippen LogP contribution in [-0.2, 0) is 11.3 Å². The summed E-state index contributed by atoms with van der Waals surface area (Å²) in [6.07, 6.45) is 7.50. The third-order valence-electron chi connectivity index (χ3n) is 4.52. The SMILES string of the molecule is Cc1ccc2nc(C(=O)NCc3ccnc([C@@H]4CCCOC4)n3)cn2c1. The number of hydrogen-bond acceptors (Lipinski definition) is 5. The van der Waals surface area contributed by atoms with E-state index in [0.717, 1.165) is 42.2 Å². The first-order valence-electron chi connectivity index (χ1n) is 8.82. The van der Waals surface area contributed by atoms with E-state index < -0.39 is 0 Å². The molecule has 0 unspecified atom stereocenters. The Hall–Kier alpha value is -2.80. The highest BCUT2D eigenvalue weighted by Gasteiger charge is 2.19. The van der Waals surface area contributed by atoms with Crippen LogP contribution in [0.5, 0.6) is 0 Å². The molecule has 3 aromatic rings. The second-order valence-corrected chi connectivity index (χ2v) is 6.60. The van der Waals surface area contributed by atoms with Gasteiger partial charge in [-0.2, -0.15) is 0 Å². The highest BCUT2D eigenvalue weighted by molar-refractivity contribution is 5.92. The fourth-order valence-electron chi connectivity index (χ4n) is 3.13. The fourth-order valence-corrected chi connectivity index (χ4v) is 3.13. The number of pyridine rings is 1. The van der Waals surface area contributed by atoms with Crippen molar-refractivity contribution >= 4 is 11.6 Å². The third kappa shape index (κ3) is 3.57. The molecule has 0 bridgehead atoms. The molecule has 7 nitrogen and oxygen atoms in total. The number of carbonyl (C=O) groups is 1. The lowest BCUT2D eigenvalue weighted by Crippen LogP contribution is -2.24. The Morgan fingerprint density at radius 2 is 2.23 bits per heavy atom. The lowest BCUT2D eigenvalue weighted by Gasteiger charge is -2.20. The van der Waals surface area contributed by atoms with Crippen molar-refractivity contribution in [3.8, 4) is 0 Å². The molecule has 1 N–H and O–H groups in total. The van der Waals surface area contributed by atoms with Gasteiger partial charge in [-0.3, -0.25) is 4.79 Å². The number of amides is 1. The molecule has 0 spiro atoms. The molecule has 1 amide bonds. The lowest BCUT2D eigenvalue weighted by molar-refractivity contribution is 0.0779. The molecule has 0 radical (unpaired) electrons. The zero-order chi connectivity index (χ0) is 17.9. The first kappa shape index (κ1) is 16.7. The van der Waals surface area contributed by atoms with Gasteiger partial charge in [0.1, 0.15) is 17.2 Å². The fraction of sp³-hybridized carbons (Fsp3) is 0.368. The van der Waals surface area contributed by atoms with Crippen LogP contribution >= 0.6 is 0 Å². The minimum Gasteiger partial charge on any atom is -0.381 e. The predicted octanol–water partition coefficient (Wildman–Crippen LogP) is 2.26. The van der Waals surface area contributed by atoms with Gasteiger partial charge in [0.25, 0.3) is 5.91 Å². The summed E-state index contributed by atoms with van der Waals surface area (Å²) in [5.41, 5.74) is 3.04. The zero-order valence-corrected chi connectivity index (χ0v) is 14.7. The number of nitrogens with one attached hydrogen (secondary N) is 1. The summed E-state index contributed by atoms with van der Waals surface area (Å²) >= 11 is 0. The third-order valence-corrected chi connectivity index (χ3v) is 4.52. The van der Waals surface area contributed by atoms with Gasteiger partial charge in [-0.25, -0.2) is 15.0 Å². The summed E-state index contributed by atoms with van der Waals surface area (Å²) in [5.74, 6) is 0.813. The van der Waals surface area contributed by atoms with Crippen molar-refractivity contribution in [2.75, 3.05) is 13.2 Å². The van der Waals surface area contributed by atoms with Gasteiger partial charge in [-0.05, 0) is 37.5 Å². The second-order valence-electron chi connectivity index (χ2n) is 6.60. The number of aryl methyl sites for hydroxylation is 1. The van der Waals surface area contributed by atoms with E-state index in [4.69, 9.17) is 4.74 Å². The minimum absolute atomic E-state index is 0.215. The molecular formula is C19H21N5O2. The minimum atomic E-state index is -0.215. The highest BCUT2D eigenvalue weighted by Crippen LogP contribution is 2.22. The van der Waals surface area contributed by atoms with E-state index >= 15 is 0 Å². The number of aromatic nitrogens is 4. The average molecular weight is 351 g/mol. The van der Waals surface area contributed by atoms with Gasteiger partial charge >= 0.3 is 0 Å². The van der Waals surface area contributed by atoms with Gasteiger partial charge in [-0.15, -0.1) is 0 Å². The van der Waals surface area contributed by atoms with Crippen molar-refractivity contribution in [1.82, 2.24) is 24.7 Å². The molecule has 0 aromatic carbocycles. The Kier molecular flexibility index (Phi) is 4.62. The van der Waals surface area contributed by atoms with Crippen molar-refractivity contribution in [2.24, 2.45) is 0 Å². The lowest BCUT2D eigenvalue weighted by atomic mass is 10.0. The maximum Gasteiger partial charge on any atom is 0.271 e. The average Bonchev–Trinajstić information content (AvgIpc) is 3.10. The van der Waals surface area contributed by atoms with Crippen LogP contribution < -0.4 is 5.32 Å². The van der Waals surface area contributed by atoms with Crippen molar-refractivity contribution in [2.45, 2.75) is 32.2 Å². The van der Waals surface area contributed by atoms with Crippen molar-refractivity contribution < 1.29 is 9.53 Å². The largest absolute Gasteiger partial charge is 0.381 e. The molecule has 1 atom stereocenters. The van der Waals surface area contributed by atoms with Crippen LogP contribution in [0.1, 0.15) is 46.3 Å². The molecule has 26 heavy (non-hydrogen) atoms. The quantitative estimate of drug-likeness (QED) is 0.780. The Balaban J connectivity index is 1.43. The van der Waals surface area contributed by atoms with E-state index in [9.17, 15) is 4.79 Å². The predicted molar refractivity (Wildman–Crippen MR) is 95.9 cm³/mol. The van der Waals surface area contributed by atoms with Gasteiger partial charge in [0, 0.05) is 31.1 Å². The summed E-state index contributed by atoms with van der Waals surface area (Å²) in [6, 6.07) is 5.69. The molecule has 0 saturated carbocycles. The smallest absolute Gasteiger partial charge is 0.271 e. The van der Waals surface area contributed by atoms with Crippen LogP contribution in [0.2, 0.25) is 0 Å². The normalized spacial score (nSPS) is 17.3. The molecule has 4 rings (SSSR count). The van der Waals surface area contributed by atoms with Gasteiger partial charge in [0.15, 0.2) is 0 Å². The summed E-state index contributed by atoms with van der Waals surface area (Å²) in [4.78, 5) is 25.7. The van der Waals surface area contributed by atoms with Crippen LogP contribution in [0.15, 0.2) is 36.8 Å². The monoisotopic (exact) mass is 351 g/mol. The molecule has 0 aliphatic carbocycles. The zero-order valence-electron chi connectivity index (χ0n) is 14.7. The van der Waals surface area contributed by atoms with Crippen LogP contribution in [0.3, 0.4) is 0 Å². The summed E-state index contributed by atoms with van der Waals surface area (Å²) in [6.45, 7) is 3.82. The topological polar surface area (TPSA) is 81.4 Å². The first-order chi connectivity index (χ1) is 12.7. The molecule has 134 valence electrons. The van der Waals surface area contributed by atoms with E-state index in [2.05, 4.69) is 20.3 Å². The molecule has 1 aliphatic heterocycles. The Bertz CT molecular complexity index is 931. The van der Waals surface area contributed by atoms with Crippen molar-refractivity contribution in [3.05, 3.63) is 59.6 Å². The standard InChI is InChI=1S/C19H21N5O2/c1-13-4-5-17-23-16(11-24(17)10-13)19(25)21-9-15-6-7-20-18(22-15)14-3-2-8-26-12-14/h4-7,10-11,14H,2-3,8-9,12H2,1H3,(H,21,25)/t14-/m1/s1.